The topological polar surface area (TPSA) is 92.3 Å². The Morgan fingerprint density at radius 1 is 0.957 bits per heavy atom. The lowest BCUT2D eigenvalue weighted by Crippen LogP contribution is -2.30. The Morgan fingerprint density at radius 2 is 1.43 bits per heavy atom. The van der Waals surface area contributed by atoms with Crippen LogP contribution in [0.3, 0.4) is 0 Å². The van der Waals surface area contributed by atoms with Gasteiger partial charge in [-0.3, -0.25) is 18.1 Å². The van der Waals surface area contributed by atoms with Gasteiger partial charge in [0.15, 0.2) is 5.85 Å². The van der Waals surface area contributed by atoms with E-state index in [2.05, 4.69) is 11.9 Å². The molecule has 0 aromatic rings. The molecule has 1 N–H and O–H groups in total. The average Bonchev–Trinajstić information content (AvgIpc) is 2.47. The van der Waals surface area contributed by atoms with Crippen LogP contribution in [0.4, 0.5) is 0 Å². The summed E-state index contributed by atoms with van der Waals surface area (Å²) in [5, 5.41) is 2.96. The molecule has 0 saturated carbocycles. The van der Waals surface area contributed by atoms with Crippen molar-refractivity contribution < 1.29 is 31.7 Å². The minimum Gasteiger partial charge on any atom is -0.310 e. The largest absolute Gasteiger partial charge is 0.475 e. The van der Waals surface area contributed by atoms with Gasteiger partial charge in [0.2, 0.25) is 0 Å². The quantitative estimate of drug-likeness (QED) is 0.265. The van der Waals surface area contributed by atoms with Crippen LogP contribution in [0.5, 0.6) is 0 Å². The summed E-state index contributed by atoms with van der Waals surface area (Å²) in [4.78, 5) is 0. The molecule has 0 aliphatic heterocycles. The van der Waals surface area contributed by atoms with Gasteiger partial charge < -0.3 is 14.4 Å². The van der Waals surface area contributed by atoms with Crippen molar-refractivity contribution in [2.45, 2.75) is 33.5 Å². The van der Waals surface area contributed by atoms with E-state index in [1.54, 1.807) is 33.8 Å². The van der Waals surface area contributed by atoms with Crippen LogP contribution in [0, 0.1) is 0 Å². The van der Waals surface area contributed by atoms with Crippen molar-refractivity contribution >= 4 is 15.4 Å². The number of phosphoric acid groups is 1. The molecule has 0 aliphatic rings. The molecule has 0 saturated heterocycles. The van der Waals surface area contributed by atoms with Crippen LogP contribution in [0.25, 0.3) is 0 Å². The fraction of sp³-hybridized carbons (Fsp3) is 0.846. The minimum atomic E-state index is -3.87. The van der Waals surface area contributed by atoms with E-state index < -0.39 is 21.3 Å². The molecule has 0 radical (unpaired) electrons. The lowest BCUT2D eigenvalue weighted by Gasteiger charge is -2.28. The lowest BCUT2D eigenvalue weighted by atomic mass is 10.6. The minimum absolute atomic E-state index is 0.0768. The van der Waals surface area contributed by atoms with Crippen molar-refractivity contribution in [2.24, 2.45) is 0 Å². The molecule has 0 rings (SSSR count). The number of rotatable bonds is 15. The van der Waals surface area contributed by atoms with Gasteiger partial charge in [0, 0.05) is 13.1 Å². The van der Waals surface area contributed by atoms with Crippen molar-refractivity contribution in [3.05, 3.63) is 12.7 Å². The van der Waals surface area contributed by atoms with Gasteiger partial charge in [-0.25, -0.2) is 4.57 Å². The third-order valence-electron chi connectivity index (χ3n) is 2.40. The van der Waals surface area contributed by atoms with Gasteiger partial charge in [0.25, 0.3) is 0 Å². The predicted molar refractivity (Wildman–Crippen MR) is 89.7 cm³/mol. The molecule has 1 unspecified atom stereocenters. The molecule has 0 fully saturated rings. The van der Waals surface area contributed by atoms with E-state index in [4.69, 9.17) is 22.6 Å². The van der Waals surface area contributed by atoms with Gasteiger partial charge >= 0.3 is 15.4 Å². The molecule has 23 heavy (non-hydrogen) atoms. The van der Waals surface area contributed by atoms with Crippen LogP contribution in [0.1, 0.15) is 27.7 Å². The van der Waals surface area contributed by atoms with E-state index in [1.807, 2.05) is 0 Å². The van der Waals surface area contributed by atoms with Gasteiger partial charge in [-0.1, -0.05) is 6.08 Å². The second kappa shape index (κ2) is 12.3. The third kappa shape index (κ3) is 8.57. The highest BCUT2D eigenvalue weighted by molar-refractivity contribution is 7.56. The molecular formula is C13H29NO7P2. The highest BCUT2D eigenvalue weighted by atomic mass is 31.2. The van der Waals surface area contributed by atoms with E-state index in [1.165, 1.54) is 0 Å². The summed E-state index contributed by atoms with van der Waals surface area (Å²) in [6, 6.07) is 0. The predicted octanol–water partition coefficient (Wildman–Crippen LogP) is 3.55. The molecule has 0 aromatic heterocycles. The number of hydrogen-bond acceptors (Lipinski definition) is 8. The van der Waals surface area contributed by atoms with E-state index in [-0.39, 0.29) is 33.0 Å². The maximum absolute atomic E-state index is 12.9. The van der Waals surface area contributed by atoms with Crippen molar-refractivity contribution in [1.29, 1.82) is 0 Å². The average molecular weight is 373 g/mol. The Bertz CT molecular complexity index is 399. The molecule has 0 aromatic carbocycles. The standard InChI is InChI=1S/C13H29NO7P2/c1-6-11-14-12-13(22(15,17-7-2)18-8-3)21-23(16,19-9-4)20-10-5/h6,13-14H,1,7-12H2,2-5H3. The van der Waals surface area contributed by atoms with Crippen molar-refractivity contribution in [2.75, 3.05) is 39.5 Å². The smallest absolute Gasteiger partial charge is 0.310 e. The Hall–Kier alpha value is -0.0400. The molecule has 0 bridgehead atoms. The molecule has 0 heterocycles. The summed E-state index contributed by atoms with van der Waals surface area (Å²) in [7, 11) is -7.53. The normalized spacial score (nSPS) is 13.9. The van der Waals surface area contributed by atoms with Gasteiger partial charge in [-0.15, -0.1) is 6.58 Å². The molecule has 8 nitrogen and oxygen atoms in total. The highest BCUT2D eigenvalue weighted by Crippen LogP contribution is 2.60. The summed E-state index contributed by atoms with van der Waals surface area (Å²) in [5.41, 5.74) is 0. The molecule has 10 heteroatoms. The zero-order valence-corrected chi connectivity index (χ0v) is 16.1. The lowest BCUT2D eigenvalue weighted by molar-refractivity contribution is 0.0893. The molecule has 0 aliphatic carbocycles. The molecule has 138 valence electrons. The second-order valence-corrected chi connectivity index (χ2v) is 7.96. The summed E-state index contributed by atoms with van der Waals surface area (Å²) in [6.07, 6.45) is 1.63. The first kappa shape index (κ1) is 23.0. The number of phosphoric ester groups is 1. The van der Waals surface area contributed by atoms with E-state index in [0.717, 1.165) is 0 Å². The summed E-state index contributed by atoms with van der Waals surface area (Å²) < 4.78 is 51.7. The van der Waals surface area contributed by atoms with Crippen molar-refractivity contribution in [3.8, 4) is 0 Å². The zero-order valence-electron chi connectivity index (χ0n) is 14.4. The Kier molecular flexibility index (Phi) is 12.3. The van der Waals surface area contributed by atoms with Crippen LogP contribution < -0.4 is 5.32 Å². The Labute approximate surface area is 139 Å². The van der Waals surface area contributed by atoms with Crippen LogP contribution in [-0.4, -0.2) is 45.4 Å². The highest BCUT2D eigenvalue weighted by Gasteiger charge is 2.42. The fourth-order valence-electron chi connectivity index (χ4n) is 1.64. The monoisotopic (exact) mass is 373 g/mol. The zero-order chi connectivity index (χ0) is 17.8. The van der Waals surface area contributed by atoms with Crippen molar-refractivity contribution in [1.82, 2.24) is 5.32 Å². The van der Waals surface area contributed by atoms with Crippen LogP contribution in [0.2, 0.25) is 0 Å². The first-order valence-corrected chi connectivity index (χ1v) is 10.8. The summed E-state index contributed by atoms with van der Waals surface area (Å²) in [5.74, 6) is -1.13. The van der Waals surface area contributed by atoms with Crippen molar-refractivity contribution in [3.63, 3.8) is 0 Å². The maximum Gasteiger partial charge on any atom is 0.475 e. The molecule has 1 atom stereocenters. The van der Waals surface area contributed by atoms with E-state index in [0.29, 0.717) is 6.54 Å². The molecular weight excluding hydrogens is 344 g/mol. The SMILES string of the molecule is C=CCNCC(OP(=O)(OCC)OCC)P(=O)(OCC)OCC. The fourth-order valence-corrected chi connectivity index (χ4v) is 5.13. The summed E-state index contributed by atoms with van der Waals surface area (Å²) in [6.45, 7) is 11.4. The van der Waals surface area contributed by atoms with E-state index in [9.17, 15) is 9.13 Å². The van der Waals surface area contributed by atoms with Gasteiger partial charge in [0.1, 0.15) is 0 Å². The van der Waals surface area contributed by atoms with Gasteiger partial charge in [-0.2, -0.15) is 0 Å². The Morgan fingerprint density at radius 3 is 1.83 bits per heavy atom. The Balaban J connectivity index is 5.34. The second-order valence-electron chi connectivity index (χ2n) is 4.17. The van der Waals surface area contributed by atoms with Gasteiger partial charge in [-0.05, 0) is 27.7 Å². The van der Waals surface area contributed by atoms with Crippen LogP contribution >= 0.6 is 15.4 Å². The number of hydrogen-bond donors (Lipinski definition) is 1. The van der Waals surface area contributed by atoms with Crippen LogP contribution in [0.15, 0.2) is 12.7 Å². The molecule has 0 spiro atoms. The maximum atomic E-state index is 12.9. The third-order valence-corrected chi connectivity index (χ3v) is 6.46. The summed E-state index contributed by atoms with van der Waals surface area (Å²) >= 11 is 0. The first-order chi connectivity index (χ1) is 10.9. The van der Waals surface area contributed by atoms with Gasteiger partial charge in [0.05, 0.1) is 26.4 Å². The van der Waals surface area contributed by atoms with Crippen LogP contribution in [-0.2, 0) is 31.7 Å². The van der Waals surface area contributed by atoms with E-state index >= 15 is 0 Å². The first-order valence-electron chi connectivity index (χ1n) is 7.69. The number of nitrogens with one attached hydrogen (secondary N) is 1. The molecule has 0 amide bonds.